The lowest BCUT2D eigenvalue weighted by atomic mass is 9.97. The van der Waals surface area contributed by atoms with Crippen molar-refractivity contribution in [2.75, 3.05) is 0 Å². The van der Waals surface area contributed by atoms with E-state index in [0.717, 1.165) is 12.1 Å². The van der Waals surface area contributed by atoms with E-state index in [-0.39, 0.29) is 0 Å². The van der Waals surface area contributed by atoms with Gasteiger partial charge in [-0.05, 0) is 35.4 Å². The Hall–Kier alpha value is -1.44. The summed E-state index contributed by atoms with van der Waals surface area (Å²) in [5.41, 5.74) is 2.56. The third-order valence-electron chi connectivity index (χ3n) is 2.99. The van der Waals surface area contributed by atoms with Gasteiger partial charge in [0.05, 0.1) is 11.6 Å². The molecule has 1 unspecified atom stereocenters. The zero-order valence-corrected chi connectivity index (χ0v) is 12.2. The Labute approximate surface area is 127 Å². The molecule has 0 heterocycles. The van der Waals surface area contributed by atoms with Crippen molar-refractivity contribution in [2.45, 2.75) is 12.2 Å². The normalized spacial score (nSPS) is 13.2. The SMILES string of the molecule is NNC(c1cccc(C(F)(F)F)c1)c1ccc(F)cc1Br. The molecule has 0 saturated heterocycles. The van der Waals surface area contributed by atoms with Crippen LogP contribution in [-0.4, -0.2) is 0 Å². The van der Waals surface area contributed by atoms with Gasteiger partial charge in [-0.3, -0.25) is 5.84 Å². The van der Waals surface area contributed by atoms with E-state index in [0.29, 0.717) is 15.6 Å². The molecule has 3 N–H and O–H groups in total. The largest absolute Gasteiger partial charge is 0.416 e. The quantitative estimate of drug-likeness (QED) is 0.488. The van der Waals surface area contributed by atoms with Crippen LogP contribution in [0.4, 0.5) is 17.6 Å². The van der Waals surface area contributed by atoms with Crippen LogP contribution in [0.5, 0.6) is 0 Å². The average Bonchev–Trinajstić information content (AvgIpc) is 2.41. The van der Waals surface area contributed by atoms with Crippen molar-refractivity contribution in [3.05, 3.63) is 69.4 Å². The molecule has 0 amide bonds. The highest BCUT2D eigenvalue weighted by Gasteiger charge is 2.31. The summed E-state index contributed by atoms with van der Waals surface area (Å²) in [4.78, 5) is 0. The Kier molecular flexibility index (Phi) is 4.65. The van der Waals surface area contributed by atoms with E-state index in [2.05, 4.69) is 21.4 Å². The molecule has 0 aromatic heterocycles. The van der Waals surface area contributed by atoms with E-state index in [1.165, 1.54) is 30.3 Å². The molecule has 0 spiro atoms. The van der Waals surface area contributed by atoms with Gasteiger partial charge < -0.3 is 0 Å². The lowest BCUT2D eigenvalue weighted by Gasteiger charge is -2.19. The highest BCUT2D eigenvalue weighted by Crippen LogP contribution is 2.33. The van der Waals surface area contributed by atoms with Crippen LogP contribution in [0.25, 0.3) is 0 Å². The molecule has 0 fully saturated rings. The van der Waals surface area contributed by atoms with Crippen molar-refractivity contribution in [2.24, 2.45) is 5.84 Å². The van der Waals surface area contributed by atoms with Crippen LogP contribution in [0.2, 0.25) is 0 Å². The molecule has 0 bridgehead atoms. The molecule has 0 aliphatic rings. The molecular weight excluding hydrogens is 352 g/mol. The van der Waals surface area contributed by atoms with Crippen molar-refractivity contribution >= 4 is 15.9 Å². The van der Waals surface area contributed by atoms with Crippen molar-refractivity contribution in [1.82, 2.24) is 5.43 Å². The third-order valence-corrected chi connectivity index (χ3v) is 3.67. The highest BCUT2D eigenvalue weighted by molar-refractivity contribution is 9.10. The number of hydrogen-bond donors (Lipinski definition) is 2. The number of rotatable bonds is 3. The van der Waals surface area contributed by atoms with Crippen molar-refractivity contribution < 1.29 is 17.6 Å². The van der Waals surface area contributed by atoms with Gasteiger partial charge in [-0.15, -0.1) is 0 Å². The maximum absolute atomic E-state index is 13.1. The Balaban J connectivity index is 2.47. The predicted molar refractivity (Wildman–Crippen MR) is 74.7 cm³/mol. The van der Waals surface area contributed by atoms with Gasteiger partial charge in [0.1, 0.15) is 5.82 Å². The first-order chi connectivity index (χ1) is 9.82. The highest BCUT2D eigenvalue weighted by atomic mass is 79.9. The van der Waals surface area contributed by atoms with Crippen LogP contribution >= 0.6 is 15.9 Å². The molecule has 2 aromatic rings. The second-order valence-corrected chi connectivity index (χ2v) is 5.24. The maximum atomic E-state index is 13.1. The molecule has 0 aliphatic carbocycles. The van der Waals surface area contributed by atoms with Gasteiger partial charge >= 0.3 is 6.18 Å². The molecule has 2 rings (SSSR count). The van der Waals surface area contributed by atoms with E-state index in [9.17, 15) is 17.6 Å². The molecular formula is C14H11BrF4N2. The van der Waals surface area contributed by atoms with E-state index in [1.807, 2.05) is 0 Å². The van der Waals surface area contributed by atoms with Gasteiger partial charge in [0.2, 0.25) is 0 Å². The van der Waals surface area contributed by atoms with Gasteiger partial charge in [-0.1, -0.05) is 34.1 Å². The lowest BCUT2D eigenvalue weighted by molar-refractivity contribution is -0.137. The first-order valence-electron chi connectivity index (χ1n) is 5.91. The minimum Gasteiger partial charge on any atom is -0.271 e. The van der Waals surface area contributed by atoms with Crippen molar-refractivity contribution in [3.63, 3.8) is 0 Å². The molecule has 0 aliphatic heterocycles. The first kappa shape index (κ1) is 15.9. The van der Waals surface area contributed by atoms with Crippen LogP contribution < -0.4 is 11.3 Å². The van der Waals surface area contributed by atoms with Crippen LogP contribution in [-0.2, 0) is 6.18 Å². The summed E-state index contributed by atoms with van der Waals surface area (Å²) in [7, 11) is 0. The fraction of sp³-hybridized carbons (Fsp3) is 0.143. The van der Waals surface area contributed by atoms with Crippen LogP contribution in [0.1, 0.15) is 22.7 Å². The van der Waals surface area contributed by atoms with Crippen LogP contribution in [0.3, 0.4) is 0 Å². The zero-order chi connectivity index (χ0) is 15.6. The van der Waals surface area contributed by atoms with Gasteiger partial charge in [0.15, 0.2) is 0 Å². The van der Waals surface area contributed by atoms with Gasteiger partial charge in [-0.25, -0.2) is 9.82 Å². The molecule has 7 heteroatoms. The number of nitrogens with one attached hydrogen (secondary N) is 1. The standard InChI is InChI=1S/C14H11BrF4N2/c15-12-7-10(16)4-5-11(12)13(21-20)8-2-1-3-9(6-8)14(17,18)19/h1-7,13,21H,20H2. The third kappa shape index (κ3) is 3.61. The van der Waals surface area contributed by atoms with Crippen LogP contribution in [0, 0.1) is 5.82 Å². The lowest BCUT2D eigenvalue weighted by Crippen LogP contribution is -2.29. The van der Waals surface area contributed by atoms with Gasteiger partial charge in [0, 0.05) is 4.47 Å². The number of benzene rings is 2. The average molecular weight is 363 g/mol. The Morgan fingerprint density at radius 3 is 2.38 bits per heavy atom. The van der Waals surface area contributed by atoms with Gasteiger partial charge in [0.25, 0.3) is 0 Å². The monoisotopic (exact) mass is 362 g/mol. The Bertz CT molecular complexity index is 643. The number of nitrogens with two attached hydrogens (primary N) is 1. The Morgan fingerprint density at radius 2 is 1.81 bits per heavy atom. The molecule has 1 atom stereocenters. The summed E-state index contributed by atoms with van der Waals surface area (Å²) in [5.74, 6) is 5.00. The predicted octanol–water partition coefficient (Wildman–Crippen LogP) is 4.16. The number of hydrogen-bond acceptors (Lipinski definition) is 2. The van der Waals surface area contributed by atoms with E-state index in [1.54, 1.807) is 0 Å². The second-order valence-electron chi connectivity index (χ2n) is 4.39. The van der Waals surface area contributed by atoms with Crippen molar-refractivity contribution in [1.29, 1.82) is 0 Å². The molecule has 21 heavy (non-hydrogen) atoms. The fourth-order valence-corrected chi connectivity index (χ4v) is 2.58. The molecule has 0 saturated carbocycles. The van der Waals surface area contributed by atoms with Crippen LogP contribution in [0.15, 0.2) is 46.9 Å². The minimum absolute atomic E-state index is 0.333. The summed E-state index contributed by atoms with van der Waals surface area (Å²) in [6.45, 7) is 0. The van der Waals surface area contributed by atoms with E-state index < -0.39 is 23.6 Å². The molecule has 2 nitrogen and oxygen atoms in total. The van der Waals surface area contributed by atoms with Gasteiger partial charge in [-0.2, -0.15) is 13.2 Å². The fourth-order valence-electron chi connectivity index (χ4n) is 2.00. The smallest absolute Gasteiger partial charge is 0.271 e. The molecule has 2 aromatic carbocycles. The zero-order valence-electron chi connectivity index (χ0n) is 10.6. The number of halogens is 5. The summed E-state index contributed by atoms with van der Waals surface area (Å²) < 4.78 is 51.8. The second kappa shape index (κ2) is 6.13. The molecule has 112 valence electrons. The maximum Gasteiger partial charge on any atom is 0.416 e. The molecule has 0 radical (unpaired) electrons. The first-order valence-corrected chi connectivity index (χ1v) is 6.70. The van der Waals surface area contributed by atoms with E-state index in [4.69, 9.17) is 5.84 Å². The summed E-state index contributed by atoms with van der Waals surface area (Å²) >= 11 is 3.19. The topological polar surface area (TPSA) is 38.0 Å². The van der Waals surface area contributed by atoms with Crippen molar-refractivity contribution in [3.8, 4) is 0 Å². The summed E-state index contributed by atoms with van der Waals surface area (Å²) in [6.07, 6.45) is -4.44. The number of alkyl halides is 3. The number of hydrazine groups is 1. The summed E-state index contributed by atoms with van der Waals surface area (Å²) in [5, 5.41) is 0. The summed E-state index contributed by atoms with van der Waals surface area (Å²) in [6, 6.07) is 8.05. The van der Waals surface area contributed by atoms with E-state index >= 15 is 0 Å². The minimum atomic E-state index is -4.44. The Morgan fingerprint density at radius 1 is 1.10 bits per heavy atom.